The van der Waals surface area contributed by atoms with Gasteiger partial charge in [0.25, 0.3) is 5.91 Å². The second-order valence-electron chi connectivity index (χ2n) is 7.39. The highest BCUT2D eigenvalue weighted by Crippen LogP contribution is 2.29. The average Bonchev–Trinajstić information content (AvgIpc) is 2.73. The van der Waals surface area contributed by atoms with E-state index < -0.39 is 0 Å². The third-order valence-electron chi connectivity index (χ3n) is 5.30. The third-order valence-corrected chi connectivity index (χ3v) is 5.30. The molecule has 2 heterocycles. The molecule has 3 aromatic rings. The molecule has 2 aromatic carbocycles. The summed E-state index contributed by atoms with van der Waals surface area (Å²) >= 11 is 0. The van der Waals surface area contributed by atoms with Crippen LogP contribution in [0.3, 0.4) is 0 Å². The number of aryl methyl sites for hydroxylation is 1. The fourth-order valence-electron chi connectivity index (χ4n) is 3.89. The van der Waals surface area contributed by atoms with Crippen molar-refractivity contribution in [3.05, 3.63) is 77.5 Å². The maximum atomic E-state index is 13.2. The number of carbonyl (C=O) groups excluding carboxylic acids is 1. The normalized spacial score (nSPS) is 16.8. The Labute approximate surface area is 165 Å². The van der Waals surface area contributed by atoms with Crippen molar-refractivity contribution in [2.45, 2.75) is 25.7 Å². The second kappa shape index (κ2) is 7.80. The molecule has 0 spiro atoms. The molecule has 0 unspecified atom stereocenters. The number of likely N-dealkylation sites (tertiary alicyclic amines) is 1. The molecule has 1 atom stereocenters. The van der Waals surface area contributed by atoms with E-state index in [0.29, 0.717) is 11.5 Å². The number of aromatic nitrogens is 2. The van der Waals surface area contributed by atoms with E-state index in [-0.39, 0.29) is 11.9 Å². The molecule has 4 rings (SSSR count). The number of nitrogens with zero attached hydrogens (tertiary/aromatic N) is 3. The zero-order valence-electron chi connectivity index (χ0n) is 16.0. The van der Waals surface area contributed by atoms with E-state index in [1.165, 1.54) is 11.1 Å². The Morgan fingerprint density at radius 3 is 2.82 bits per heavy atom. The van der Waals surface area contributed by atoms with Crippen molar-refractivity contribution < 1.29 is 4.79 Å². The zero-order valence-corrected chi connectivity index (χ0v) is 16.0. The molecule has 5 heteroatoms. The van der Waals surface area contributed by atoms with Gasteiger partial charge in [0.1, 0.15) is 0 Å². The van der Waals surface area contributed by atoms with Gasteiger partial charge in [-0.3, -0.25) is 4.79 Å². The van der Waals surface area contributed by atoms with Gasteiger partial charge in [-0.25, -0.2) is 9.97 Å². The SMILES string of the molecule is Cc1cccc([C@H]2CCCN(C(=O)c3cccc(-c4ccnc(N)n4)c3)C2)c1. The Bertz CT molecular complexity index is 1000. The van der Waals surface area contributed by atoms with Crippen molar-refractivity contribution in [3.63, 3.8) is 0 Å². The number of anilines is 1. The molecule has 0 saturated carbocycles. The van der Waals surface area contributed by atoms with E-state index in [1.807, 2.05) is 29.2 Å². The molecular formula is C23H24N4O. The largest absolute Gasteiger partial charge is 0.368 e. The van der Waals surface area contributed by atoms with Crippen molar-refractivity contribution in [1.29, 1.82) is 0 Å². The molecule has 0 aliphatic carbocycles. The van der Waals surface area contributed by atoms with Crippen molar-refractivity contribution >= 4 is 11.9 Å². The lowest BCUT2D eigenvalue weighted by molar-refractivity contribution is 0.0707. The first-order valence-electron chi connectivity index (χ1n) is 9.65. The number of hydrogen-bond acceptors (Lipinski definition) is 4. The van der Waals surface area contributed by atoms with Crippen LogP contribution in [0.25, 0.3) is 11.3 Å². The van der Waals surface area contributed by atoms with E-state index in [4.69, 9.17) is 5.73 Å². The summed E-state index contributed by atoms with van der Waals surface area (Å²) in [5.74, 6) is 0.690. The molecule has 5 nitrogen and oxygen atoms in total. The summed E-state index contributed by atoms with van der Waals surface area (Å²) in [5, 5.41) is 0. The molecule has 1 amide bonds. The molecule has 1 aliphatic heterocycles. The van der Waals surface area contributed by atoms with Crippen molar-refractivity contribution in [1.82, 2.24) is 14.9 Å². The van der Waals surface area contributed by atoms with Gasteiger partial charge in [-0.2, -0.15) is 0 Å². The Morgan fingerprint density at radius 1 is 1.14 bits per heavy atom. The molecule has 1 saturated heterocycles. The van der Waals surface area contributed by atoms with Gasteiger partial charge in [0.05, 0.1) is 5.69 Å². The van der Waals surface area contributed by atoms with Crippen LogP contribution in [0.15, 0.2) is 60.8 Å². The third kappa shape index (κ3) is 3.88. The molecule has 142 valence electrons. The first kappa shape index (κ1) is 18.2. The molecule has 0 radical (unpaired) electrons. The Hall–Kier alpha value is -3.21. The molecule has 0 bridgehead atoms. The lowest BCUT2D eigenvalue weighted by Gasteiger charge is -2.33. The summed E-state index contributed by atoms with van der Waals surface area (Å²) < 4.78 is 0. The van der Waals surface area contributed by atoms with Crippen LogP contribution in [0.1, 0.15) is 40.2 Å². The molecule has 1 aromatic heterocycles. The number of amides is 1. The lowest BCUT2D eigenvalue weighted by atomic mass is 9.89. The first-order valence-corrected chi connectivity index (χ1v) is 9.65. The van der Waals surface area contributed by atoms with E-state index in [2.05, 4.69) is 41.2 Å². The van der Waals surface area contributed by atoms with E-state index in [1.54, 1.807) is 12.3 Å². The minimum Gasteiger partial charge on any atom is -0.368 e. The van der Waals surface area contributed by atoms with Crippen LogP contribution in [0.5, 0.6) is 0 Å². The minimum atomic E-state index is 0.0706. The highest BCUT2D eigenvalue weighted by molar-refractivity contribution is 5.95. The van der Waals surface area contributed by atoms with Gasteiger partial charge in [-0.05, 0) is 43.5 Å². The van der Waals surface area contributed by atoms with Gasteiger partial charge in [0.15, 0.2) is 0 Å². The number of carbonyl (C=O) groups is 1. The minimum absolute atomic E-state index is 0.0706. The summed E-state index contributed by atoms with van der Waals surface area (Å²) in [6.45, 7) is 3.67. The van der Waals surface area contributed by atoms with Crippen molar-refractivity contribution in [2.75, 3.05) is 18.8 Å². The maximum absolute atomic E-state index is 13.2. The summed E-state index contributed by atoms with van der Waals surface area (Å²) in [6, 6.07) is 18.0. The zero-order chi connectivity index (χ0) is 19.5. The summed E-state index contributed by atoms with van der Waals surface area (Å²) in [4.78, 5) is 23.3. The van der Waals surface area contributed by atoms with Crippen molar-refractivity contribution in [2.24, 2.45) is 0 Å². The van der Waals surface area contributed by atoms with Crippen LogP contribution in [-0.2, 0) is 0 Å². The van der Waals surface area contributed by atoms with Gasteiger partial charge in [0.2, 0.25) is 5.95 Å². The molecule has 1 aliphatic rings. The van der Waals surface area contributed by atoms with Gasteiger partial charge in [-0.1, -0.05) is 42.0 Å². The number of rotatable bonds is 3. The molecule has 28 heavy (non-hydrogen) atoms. The number of benzene rings is 2. The number of piperidine rings is 1. The van der Waals surface area contributed by atoms with Crippen LogP contribution >= 0.6 is 0 Å². The van der Waals surface area contributed by atoms with E-state index in [0.717, 1.165) is 37.2 Å². The van der Waals surface area contributed by atoms with Gasteiger partial charge in [0, 0.05) is 36.3 Å². The lowest BCUT2D eigenvalue weighted by Crippen LogP contribution is -2.39. The highest BCUT2D eigenvalue weighted by Gasteiger charge is 2.25. The Balaban J connectivity index is 1.55. The van der Waals surface area contributed by atoms with Crippen LogP contribution in [0.4, 0.5) is 5.95 Å². The van der Waals surface area contributed by atoms with E-state index >= 15 is 0 Å². The van der Waals surface area contributed by atoms with E-state index in [9.17, 15) is 4.79 Å². The predicted octanol–water partition coefficient (Wildman–Crippen LogP) is 4.05. The standard InChI is InChI=1S/C23H24N4O/c1-16-5-2-6-17(13-16)20-9-4-12-27(15-20)22(28)19-8-3-7-18(14-19)21-10-11-25-23(24)26-21/h2-3,5-8,10-11,13-14,20H,4,9,12,15H2,1H3,(H2,24,25,26)/t20-/m0/s1. The van der Waals surface area contributed by atoms with Crippen LogP contribution in [0.2, 0.25) is 0 Å². The molecule has 1 fully saturated rings. The summed E-state index contributed by atoms with van der Waals surface area (Å²) in [5.41, 5.74) is 10.5. The fraction of sp³-hybridized carbons (Fsp3) is 0.261. The first-order chi connectivity index (χ1) is 13.6. The number of nitrogens with two attached hydrogens (primary N) is 1. The van der Waals surface area contributed by atoms with Crippen LogP contribution in [-0.4, -0.2) is 33.9 Å². The maximum Gasteiger partial charge on any atom is 0.253 e. The molecular weight excluding hydrogens is 348 g/mol. The number of hydrogen-bond donors (Lipinski definition) is 1. The van der Waals surface area contributed by atoms with Gasteiger partial charge >= 0.3 is 0 Å². The topological polar surface area (TPSA) is 72.1 Å². The molecule has 2 N–H and O–H groups in total. The second-order valence-corrected chi connectivity index (χ2v) is 7.39. The fourth-order valence-corrected chi connectivity index (χ4v) is 3.89. The van der Waals surface area contributed by atoms with Gasteiger partial charge < -0.3 is 10.6 Å². The summed E-state index contributed by atoms with van der Waals surface area (Å²) in [6.07, 6.45) is 3.77. The summed E-state index contributed by atoms with van der Waals surface area (Å²) in [7, 11) is 0. The van der Waals surface area contributed by atoms with Gasteiger partial charge in [-0.15, -0.1) is 0 Å². The predicted molar refractivity (Wildman–Crippen MR) is 111 cm³/mol. The van der Waals surface area contributed by atoms with Crippen molar-refractivity contribution in [3.8, 4) is 11.3 Å². The van der Waals surface area contributed by atoms with Crippen LogP contribution < -0.4 is 5.73 Å². The van der Waals surface area contributed by atoms with Crippen LogP contribution in [0, 0.1) is 6.92 Å². The average molecular weight is 372 g/mol. The smallest absolute Gasteiger partial charge is 0.253 e. The monoisotopic (exact) mass is 372 g/mol. The quantitative estimate of drug-likeness (QED) is 0.753. The Kier molecular flexibility index (Phi) is 5.06. The Morgan fingerprint density at radius 2 is 2.00 bits per heavy atom. The highest BCUT2D eigenvalue weighted by atomic mass is 16.2. The number of nitrogen functional groups attached to an aromatic ring is 1.